The Balaban J connectivity index is 1.97. The Bertz CT molecular complexity index is 768. The zero-order valence-corrected chi connectivity index (χ0v) is 14.1. The maximum Gasteiger partial charge on any atom is 0.150 e. The van der Waals surface area contributed by atoms with Crippen LogP contribution in [0.3, 0.4) is 0 Å². The highest BCUT2D eigenvalue weighted by molar-refractivity contribution is 5.85. The molecule has 0 unspecified atom stereocenters. The molecule has 2 heterocycles. The average molecular weight is 317 g/mol. The molecule has 0 saturated carbocycles. The Morgan fingerprint density at radius 2 is 1.67 bits per heavy atom. The highest BCUT2D eigenvalue weighted by Crippen LogP contribution is 2.41. The lowest BCUT2D eigenvalue weighted by molar-refractivity contribution is 0.572. The normalized spacial score (nSPS) is 17.2. The van der Waals surface area contributed by atoms with Crippen LogP contribution in [0.2, 0.25) is 0 Å². The van der Waals surface area contributed by atoms with Crippen molar-refractivity contribution in [3.05, 3.63) is 47.3 Å². The molecule has 4 rings (SSSR count). The van der Waals surface area contributed by atoms with Crippen molar-refractivity contribution in [2.24, 2.45) is 0 Å². The smallest absolute Gasteiger partial charge is 0.150 e. The average Bonchev–Trinajstić information content (AvgIpc) is 2.67. The number of pyridine rings is 1. The summed E-state index contributed by atoms with van der Waals surface area (Å²) in [6, 6.07) is 12.7. The topological polar surface area (TPSA) is 39.9 Å². The molecule has 2 aromatic rings. The van der Waals surface area contributed by atoms with Gasteiger partial charge in [-0.15, -0.1) is 0 Å². The van der Waals surface area contributed by atoms with E-state index >= 15 is 0 Å². The Hall–Kier alpha value is -2.34. The van der Waals surface area contributed by atoms with Gasteiger partial charge >= 0.3 is 0 Å². The Morgan fingerprint density at radius 1 is 0.917 bits per heavy atom. The van der Waals surface area contributed by atoms with Crippen molar-refractivity contribution in [3.63, 3.8) is 0 Å². The molecule has 24 heavy (non-hydrogen) atoms. The fourth-order valence-corrected chi connectivity index (χ4v) is 4.15. The largest absolute Gasteiger partial charge is 0.371 e. The first-order chi connectivity index (χ1) is 11.9. The molecular weight excluding hydrogens is 294 g/mol. The van der Waals surface area contributed by atoms with Crippen LogP contribution in [-0.2, 0) is 12.8 Å². The Kier molecular flexibility index (Phi) is 4.21. The molecule has 0 amide bonds. The number of aryl methyl sites for hydroxylation is 1. The van der Waals surface area contributed by atoms with Crippen molar-refractivity contribution in [2.75, 3.05) is 18.0 Å². The minimum atomic E-state index is 0.599. The van der Waals surface area contributed by atoms with Crippen LogP contribution in [0, 0.1) is 11.3 Å². The van der Waals surface area contributed by atoms with Gasteiger partial charge in [0.2, 0.25) is 0 Å². The van der Waals surface area contributed by atoms with E-state index in [4.69, 9.17) is 4.98 Å². The van der Waals surface area contributed by atoms with Gasteiger partial charge in [0.05, 0.1) is 5.69 Å². The second kappa shape index (κ2) is 6.65. The summed E-state index contributed by atoms with van der Waals surface area (Å²) in [7, 11) is 0. The number of benzene rings is 1. The lowest BCUT2D eigenvalue weighted by atomic mass is 9.88. The highest BCUT2D eigenvalue weighted by atomic mass is 15.1. The zero-order chi connectivity index (χ0) is 16.4. The molecule has 3 heteroatoms. The number of rotatable bonds is 2. The number of hydrogen-bond donors (Lipinski definition) is 0. The monoisotopic (exact) mass is 317 g/mol. The van der Waals surface area contributed by atoms with Gasteiger partial charge in [-0.25, -0.2) is 4.98 Å². The van der Waals surface area contributed by atoms with Gasteiger partial charge < -0.3 is 4.90 Å². The first-order valence-corrected chi connectivity index (χ1v) is 9.14. The summed E-state index contributed by atoms with van der Waals surface area (Å²) < 4.78 is 0. The van der Waals surface area contributed by atoms with Crippen molar-refractivity contribution in [3.8, 4) is 17.2 Å². The van der Waals surface area contributed by atoms with Crippen molar-refractivity contribution in [2.45, 2.75) is 44.9 Å². The fourth-order valence-electron chi connectivity index (χ4n) is 4.15. The second-order valence-corrected chi connectivity index (χ2v) is 6.84. The quantitative estimate of drug-likeness (QED) is 0.819. The molecule has 1 saturated heterocycles. The maximum absolute atomic E-state index is 9.77. The summed E-state index contributed by atoms with van der Waals surface area (Å²) >= 11 is 0. The van der Waals surface area contributed by atoms with Crippen LogP contribution >= 0.6 is 0 Å². The molecule has 1 aromatic heterocycles. The summed E-state index contributed by atoms with van der Waals surface area (Å²) in [6.45, 7) is 2.20. The van der Waals surface area contributed by atoms with E-state index in [0.717, 1.165) is 42.8 Å². The van der Waals surface area contributed by atoms with E-state index in [1.807, 2.05) is 6.07 Å². The van der Waals surface area contributed by atoms with Crippen LogP contribution in [0.15, 0.2) is 30.3 Å². The third-order valence-corrected chi connectivity index (χ3v) is 5.29. The molecule has 2 aliphatic rings. The number of fused-ring (bicyclic) bond motifs is 1. The van der Waals surface area contributed by atoms with Gasteiger partial charge in [0, 0.05) is 24.3 Å². The maximum atomic E-state index is 9.77. The van der Waals surface area contributed by atoms with E-state index in [1.165, 1.54) is 43.4 Å². The lowest BCUT2D eigenvalue weighted by Crippen LogP contribution is -2.32. The summed E-state index contributed by atoms with van der Waals surface area (Å²) in [5.74, 6) is 0. The fraction of sp³-hybridized carbons (Fsp3) is 0.429. The molecule has 0 spiro atoms. The van der Waals surface area contributed by atoms with Gasteiger partial charge in [0.1, 0.15) is 6.07 Å². The molecule has 1 fully saturated rings. The molecule has 1 aromatic carbocycles. The van der Waals surface area contributed by atoms with Crippen LogP contribution in [-0.4, -0.2) is 18.1 Å². The predicted octanol–water partition coefficient (Wildman–Crippen LogP) is 4.49. The number of piperidine rings is 1. The van der Waals surface area contributed by atoms with Gasteiger partial charge in [-0.05, 0) is 56.1 Å². The molecule has 122 valence electrons. The summed E-state index contributed by atoms with van der Waals surface area (Å²) in [6.07, 6.45) is 8.33. The van der Waals surface area contributed by atoms with Crippen molar-refractivity contribution in [1.29, 1.82) is 5.26 Å². The molecule has 3 nitrogen and oxygen atoms in total. The van der Waals surface area contributed by atoms with Crippen LogP contribution in [0.25, 0.3) is 11.1 Å². The van der Waals surface area contributed by atoms with E-state index in [0.29, 0.717) is 5.69 Å². The summed E-state index contributed by atoms with van der Waals surface area (Å²) in [5.41, 5.74) is 6.65. The van der Waals surface area contributed by atoms with Gasteiger partial charge in [-0.3, -0.25) is 0 Å². The standard InChI is InChI=1S/C21H23N3/c22-15-19-20(16-9-3-1-4-10-16)21(24-13-7-2-8-14-24)17-11-5-6-12-18(17)23-19/h1,3-4,9-10H,2,5-8,11-14H2. The van der Waals surface area contributed by atoms with Crippen LogP contribution < -0.4 is 4.90 Å². The first kappa shape index (κ1) is 15.2. The summed E-state index contributed by atoms with van der Waals surface area (Å²) in [5, 5.41) is 9.77. The van der Waals surface area contributed by atoms with Crippen LogP contribution in [0.5, 0.6) is 0 Å². The molecule has 1 aliphatic carbocycles. The van der Waals surface area contributed by atoms with E-state index in [-0.39, 0.29) is 0 Å². The van der Waals surface area contributed by atoms with Crippen molar-refractivity contribution in [1.82, 2.24) is 4.98 Å². The van der Waals surface area contributed by atoms with Crippen LogP contribution in [0.4, 0.5) is 5.69 Å². The highest BCUT2D eigenvalue weighted by Gasteiger charge is 2.26. The third-order valence-electron chi connectivity index (χ3n) is 5.29. The zero-order valence-electron chi connectivity index (χ0n) is 14.1. The SMILES string of the molecule is N#Cc1nc2c(c(N3CCCCC3)c1-c1ccccc1)CCCC2. The first-order valence-electron chi connectivity index (χ1n) is 9.14. The molecule has 0 N–H and O–H groups in total. The van der Waals surface area contributed by atoms with Crippen molar-refractivity contribution >= 4 is 5.69 Å². The number of anilines is 1. The Labute approximate surface area is 143 Å². The number of aromatic nitrogens is 1. The number of nitriles is 1. The minimum absolute atomic E-state index is 0.599. The molecule has 0 bridgehead atoms. The molecule has 0 atom stereocenters. The minimum Gasteiger partial charge on any atom is -0.371 e. The van der Waals surface area contributed by atoms with E-state index in [2.05, 4.69) is 35.2 Å². The van der Waals surface area contributed by atoms with Gasteiger partial charge in [0.25, 0.3) is 0 Å². The van der Waals surface area contributed by atoms with Crippen LogP contribution in [0.1, 0.15) is 49.1 Å². The Morgan fingerprint density at radius 3 is 2.42 bits per heavy atom. The van der Waals surface area contributed by atoms with E-state index in [1.54, 1.807) is 0 Å². The van der Waals surface area contributed by atoms with E-state index < -0.39 is 0 Å². The number of nitrogens with zero attached hydrogens (tertiary/aromatic N) is 3. The number of hydrogen-bond acceptors (Lipinski definition) is 3. The van der Waals surface area contributed by atoms with E-state index in [9.17, 15) is 5.26 Å². The molecular formula is C21H23N3. The summed E-state index contributed by atoms with van der Waals surface area (Å²) in [4.78, 5) is 7.30. The van der Waals surface area contributed by atoms with Gasteiger partial charge in [-0.1, -0.05) is 30.3 Å². The van der Waals surface area contributed by atoms with Gasteiger partial charge in [-0.2, -0.15) is 5.26 Å². The lowest BCUT2D eigenvalue weighted by Gasteiger charge is -2.34. The predicted molar refractivity (Wildman–Crippen MR) is 97.1 cm³/mol. The third kappa shape index (κ3) is 2.67. The molecule has 1 aliphatic heterocycles. The van der Waals surface area contributed by atoms with Crippen molar-refractivity contribution < 1.29 is 0 Å². The molecule has 0 radical (unpaired) electrons. The van der Waals surface area contributed by atoms with Gasteiger partial charge in [0.15, 0.2) is 5.69 Å². The second-order valence-electron chi connectivity index (χ2n) is 6.84.